The maximum absolute atomic E-state index is 11.9. The lowest BCUT2D eigenvalue weighted by Gasteiger charge is -2.11. The summed E-state index contributed by atoms with van der Waals surface area (Å²) in [5.74, 6) is -0.737. The van der Waals surface area contributed by atoms with Crippen molar-refractivity contribution in [2.45, 2.75) is 37.9 Å². The van der Waals surface area contributed by atoms with E-state index in [9.17, 15) is 13.2 Å². The third kappa shape index (κ3) is 6.02. The van der Waals surface area contributed by atoms with Crippen molar-refractivity contribution in [1.82, 2.24) is 10.6 Å². The first-order valence-corrected chi connectivity index (χ1v) is 7.97. The van der Waals surface area contributed by atoms with Crippen molar-refractivity contribution in [2.75, 3.05) is 25.4 Å². The van der Waals surface area contributed by atoms with Crippen LogP contribution in [0.4, 0.5) is 0 Å². The van der Waals surface area contributed by atoms with Crippen molar-refractivity contribution in [3.63, 3.8) is 0 Å². The molecule has 0 bridgehead atoms. The van der Waals surface area contributed by atoms with Crippen molar-refractivity contribution in [1.29, 1.82) is 0 Å². The van der Waals surface area contributed by atoms with Crippen LogP contribution in [-0.4, -0.2) is 45.0 Å². The molecule has 2 N–H and O–H groups in total. The molecule has 5 nitrogen and oxygen atoms in total. The summed E-state index contributed by atoms with van der Waals surface area (Å²) in [6.07, 6.45) is 3.36. The Morgan fingerprint density at radius 3 is 2.39 bits per heavy atom. The smallest absolute Gasteiger partial charge is 0.235 e. The van der Waals surface area contributed by atoms with Gasteiger partial charge in [-0.1, -0.05) is 19.8 Å². The van der Waals surface area contributed by atoms with Gasteiger partial charge in [-0.3, -0.25) is 4.79 Å². The molecule has 1 saturated carbocycles. The first-order chi connectivity index (χ1) is 8.06. The highest BCUT2D eigenvalue weighted by Crippen LogP contribution is 2.24. The number of hydrogen-bond acceptors (Lipinski definition) is 4. The van der Waals surface area contributed by atoms with Crippen LogP contribution in [0, 0.1) is 0 Å². The zero-order valence-corrected chi connectivity index (χ0v) is 12.4. The Labute approximate surface area is 115 Å². The van der Waals surface area contributed by atoms with Gasteiger partial charge in [0.2, 0.25) is 5.91 Å². The van der Waals surface area contributed by atoms with E-state index in [1.165, 1.54) is 0 Å². The highest BCUT2D eigenvalue weighted by atomic mass is 35.5. The Kier molecular flexibility index (Phi) is 8.56. The second kappa shape index (κ2) is 8.72. The summed E-state index contributed by atoms with van der Waals surface area (Å²) in [5.41, 5.74) is 0. The summed E-state index contributed by atoms with van der Waals surface area (Å²) in [5, 5.41) is 5.38. The molecule has 0 heterocycles. The van der Waals surface area contributed by atoms with Crippen LogP contribution in [0.5, 0.6) is 0 Å². The first-order valence-electron chi connectivity index (χ1n) is 6.25. The van der Waals surface area contributed by atoms with Crippen molar-refractivity contribution in [3.8, 4) is 0 Å². The zero-order chi connectivity index (χ0) is 12.7. The van der Waals surface area contributed by atoms with Gasteiger partial charge in [-0.25, -0.2) is 8.42 Å². The van der Waals surface area contributed by atoms with Gasteiger partial charge in [0.15, 0.2) is 9.84 Å². The van der Waals surface area contributed by atoms with Gasteiger partial charge in [0.05, 0.1) is 5.25 Å². The fourth-order valence-electron chi connectivity index (χ4n) is 2.07. The molecule has 18 heavy (non-hydrogen) atoms. The molecule has 7 heteroatoms. The van der Waals surface area contributed by atoms with Gasteiger partial charge in [-0.2, -0.15) is 0 Å². The van der Waals surface area contributed by atoms with Gasteiger partial charge in [0.1, 0.15) is 5.75 Å². The van der Waals surface area contributed by atoms with E-state index in [0.29, 0.717) is 25.9 Å². The molecule has 0 aromatic heterocycles. The van der Waals surface area contributed by atoms with E-state index in [0.717, 1.165) is 19.4 Å². The zero-order valence-electron chi connectivity index (χ0n) is 10.8. The predicted molar refractivity (Wildman–Crippen MR) is 74.8 cm³/mol. The standard InChI is InChI=1S/C11H22N2O3S.ClH/c1-2-12-7-8-13-11(14)9-17(15,16)10-5-3-4-6-10;/h10,12H,2-9H2,1H3,(H,13,14);1H. The lowest BCUT2D eigenvalue weighted by Crippen LogP contribution is -2.37. The average Bonchev–Trinajstić information content (AvgIpc) is 2.77. The summed E-state index contributed by atoms with van der Waals surface area (Å²) in [7, 11) is -3.23. The van der Waals surface area contributed by atoms with Gasteiger partial charge in [-0.15, -0.1) is 12.4 Å². The first kappa shape index (κ1) is 17.7. The van der Waals surface area contributed by atoms with Crippen LogP contribution >= 0.6 is 12.4 Å². The maximum atomic E-state index is 11.9. The highest BCUT2D eigenvalue weighted by Gasteiger charge is 2.30. The van der Waals surface area contributed by atoms with E-state index in [1.807, 2.05) is 6.92 Å². The minimum absolute atomic E-state index is 0. The summed E-state index contributed by atoms with van der Waals surface area (Å²) in [6, 6.07) is 0. The Balaban J connectivity index is 0.00000289. The van der Waals surface area contributed by atoms with Crippen LogP contribution in [0.15, 0.2) is 0 Å². The third-order valence-electron chi connectivity index (χ3n) is 3.02. The Morgan fingerprint density at radius 1 is 1.22 bits per heavy atom. The molecule has 0 unspecified atom stereocenters. The SMILES string of the molecule is CCNCCNC(=O)CS(=O)(=O)C1CCCC1.Cl. The molecule has 0 aromatic rings. The molecular weight excluding hydrogens is 276 g/mol. The number of carbonyl (C=O) groups is 1. The third-order valence-corrected chi connectivity index (χ3v) is 5.17. The van der Waals surface area contributed by atoms with Gasteiger partial charge in [0, 0.05) is 13.1 Å². The minimum Gasteiger partial charge on any atom is -0.354 e. The van der Waals surface area contributed by atoms with E-state index >= 15 is 0 Å². The Morgan fingerprint density at radius 2 is 1.83 bits per heavy atom. The van der Waals surface area contributed by atoms with Crippen LogP contribution in [0.25, 0.3) is 0 Å². The molecule has 1 rings (SSSR count). The largest absolute Gasteiger partial charge is 0.354 e. The highest BCUT2D eigenvalue weighted by molar-refractivity contribution is 7.92. The molecule has 0 atom stereocenters. The van der Waals surface area contributed by atoms with E-state index in [-0.39, 0.29) is 29.3 Å². The number of nitrogens with one attached hydrogen (secondary N) is 2. The fraction of sp³-hybridized carbons (Fsp3) is 0.909. The number of halogens is 1. The Hall–Kier alpha value is -0.330. The molecule has 0 aliphatic heterocycles. The number of rotatable bonds is 7. The molecule has 0 saturated heterocycles. The predicted octanol–water partition coefficient (Wildman–Crippen LogP) is 0.491. The van der Waals surface area contributed by atoms with Crippen molar-refractivity contribution in [2.24, 2.45) is 0 Å². The monoisotopic (exact) mass is 298 g/mol. The molecule has 0 spiro atoms. The van der Waals surface area contributed by atoms with E-state index < -0.39 is 9.84 Å². The molecule has 1 fully saturated rings. The summed E-state index contributed by atoms with van der Waals surface area (Å²) >= 11 is 0. The van der Waals surface area contributed by atoms with Crippen molar-refractivity contribution in [3.05, 3.63) is 0 Å². The van der Waals surface area contributed by atoms with Gasteiger partial charge >= 0.3 is 0 Å². The van der Waals surface area contributed by atoms with Crippen LogP contribution in [0.2, 0.25) is 0 Å². The van der Waals surface area contributed by atoms with Gasteiger partial charge in [-0.05, 0) is 19.4 Å². The molecule has 1 aliphatic carbocycles. The second-order valence-electron chi connectivity index (χ2n) is 4.42. The van der Waals surface area contributed by atoms with Crippen LogP contribution in [-0.2, 0) is 14.6 Å². The molecule has 1 aliphatic rings. The number of hydrogen-bond donors (Lipinski definition) is 2. The molecule has 1 amide bonds. The van der Waals surface area contributed by atoms with E-state index in [4.69, 9.17) is 0 Å². The topological polar surface area (TPSA) is 75.3 Å². The lowest BCUT2D eigenvalue weighted by molar-refractivity contribution is -0.118. The quantitative estimate of drug-likeness (QED) is 0.671. The number of amides is 1. The molecule has 0 aromatic carbocycles. The van der Waals surface area contributed by atoms with E-state index in [2.05, 4.69) is 10.6 Å². The number of sulfone groups is 1. The minimum atomic E-state index is -3.23. The number of likely N-dealkylation sites (N-methyl/N-ethyl adjacent to an activating group) is 1. The van der Waals surface area contributed by atoms with Crippen LogP contribution < -0.4 is 10.6 Å². The second-order valence-corrected chi connectivity index (χ2v) is 6.70. The van der Waals surface area contributed by atoms with Gasteiger partial charge < -0.3 is 10.6 Å². The lowest BCUT2D eigenvalue weighted by atomic mass is 10.4. The Bertz CT molecular complexity index is 340. The van der Waals surface area contributed by atoms with Crippen molar-refractivity contribution < 1.29 is 13.2 Å². The fourth-order valence-corrected chi connectivity index (χ4v) is 3.82. The van der Waals surface area contributed by atoms with E-state index in [1.54, 1.807) is 0 Å². The maximum Gasteiger partial charge on any atom is 0.235 e. The summed E-state index contributed by atoms with van der Waals surface area (Å²) in [6.45, 7) is 3.97. The number of carbonyl (C=O) groups excluding carboxylic acids is 1. The van der Waals surface area contributed by atoms with Crippen molar-refractivity contribution >= 4 is 28.2 Å². The average molecular weight is 299 g/mol. The molecular formula is C11H23ClN2O3S. The van der Waals surface area contributed by atoms with Crippen LogP contribution in [0.1, 0.15) is 32.6 Å². The normalized spacial score (nSPS) is 16.3. The molecule has 0 radical (unpaired) electrons. The summed E-state index contributed by atoms with van der Waals surface area (Å²) < 4.78 is 23.7. The molecule has 108 valence electrons. The van der Waals surface area contributed by atoms with Gasteiger partial charge in [0.25, 0.3) is 0 Å². The van der Waals surface area contributed by atoms with Crippen LogP contribution in [0.3, 0.4) is 0 Å². The summed E-state index contributed by atoms with van der Waals surface area (Å²) in [4.78, 5) is 11.5.